The fraction of sp³-hybridized carbons (Fsp3) is 0.870. The van der Waals surface area contributed by atoms with Gasteiger partial charge in [0, 0.05) is 16.1 Å². The third kappa shape index (κ3) is 4.11. The number of likely N-dealkylation sites (tertiary alicyclic amines) is 1. The number of aliphatic hydroxyl groups excluding tert-OH is 1. The van der Waals surface area contributed by atoms with Crippen molar-refractivity contribution in [1.82, 2.24) is 10.2 Å². The van der Waals surface area contributed by atoms with Gasteiger partial charge in [-0.2, -0.15) is 0 Å². The molecule has 0 aliphatic carbocycles. The summed E-state index contributed by atoms with van der Waals surface area (Å²) in [5, 5.41) is 13.3. The molecule has 182 valence electrons. The molecule has 4 unspecified atom stereocenters. The Hall–Kier alpha value is -0.800. The quantitative estimate of drug-likeness (QED) is 0.331. The fourth-order valence-electron chi connectivity index (χ4n) is 5.87. The molecule has 3 aliphatic rings. The topological polar surface area (TPSA) is 95.9 Å². The number of thioether (sulfide) groups is 1. The van der Waals surface area contributed by atoms with Crippen LogP contribution in [-0.2, 0) is 19.1 Å². The third-order valence-electron chi connectivity index (χ3n) is 7.49. The Bertz CT molecular complexity index is 739. The third-order valence-corrected chi connectivity index (χ3v) is 10.7. The standard InChI is InChI=1S/C23H37BrN2O5S/c1-6-9-13(5)25-20(28)19-23-10-14(24)18(32-23)16(22(30)31-8-3)17(23)21(29)26(19)15(11-27)12(4)7-2/h12-19,27H,6-11H2,1-5H3,(H,25,28)/t12-,13?,14?,15-,16-,17-,18-,19?,23?/m0/s1. The Morgan fingerprint density at radius 3 is 2.59 bits per heavy atom. The summed E-state index contributed by atoms with van der Waals surface area (Å²) in [5.41, 5.74) is 0. The lowest BCUT2D eigenvalue weighted by atomic mass is 9.71. The zero-order valence-electron chi connectivity index (χ0n) is 19.7. The van der Waals surface area contributed by atoms with Crippen LogP contribution in [0.1, 0.15) is 60.3 Å². The lowest BCUT2D eigenvalue weighted by molar-refractivity contribution is -0.154. The molecule has 0 radical (unpaired) electrons. The van der Waals surface area contributed by atoms with Gasteiger partial charge in [-0.25, -0.2) is 0 Å². The van der Waals surface area contributed by atoms with Crippen molar-refractivity contribution in [3.8, 4) is 0 Å². The van der Waals surface area contributed by atoms with E-state index < -0.39 is 28.7 Å². The highest BCUT2D eigenvalue weighted by Crippen LogP contribution is 2.68. The van der Waals surface area contributed by atoms with Crippen LogP contribution < -0.4 is 5.32 Å². The van der Waals surface area contributed by atoms with Crippen molar-refractivity contribution in [2.75, 3.05) is 13.2 Å². The largest absolute Gasteiger partial charge is 0.466 e. The summed E-state index contributed by atoms with van der Waals surface area (Å²) in [6.07, 6.45) is 3.19. The molecule has 2 N–H and O–H groups in total. The molecule has 2 amide bonds. The molecule has 3 rings (SSSR count). The van der Waals surface area contributed by atoms with Gasteiger partial charge in [-0.1, -0.05) is 49.5 Å². The summed E-state index contributed by atoms with van der Waals surface area (Å²) in [4.78, 5) is 42.3. The van der Waals surface area contributed by atoms with E-state index in [2.05, 4.69) is 28.2 Å². The molecule has 1 spiro atoms. The number of amides is 2. The Morgan fingerprint density at radius 1 is 1.34 bits per heavy atom. The van der Waals surface area contributed by atoms with Gasteiger partial charge in [0.1, 0.15) is 6.04 Å². The normalized spacial score (nSPS) is 36.0. The number of fused-ring (bicyclic) bond motifs is 1. The molecule has 0 saturated carbocycles. The first-order valence-electron chi connectivity index (χ1n) is 11.9. The Balaban J connectivity index is 2.07. The summed E-state index contributed by atoms with van der Waals surface area (Å²) in [6.45, 7) is 9.86. The lowest BCUT2D eigenvalue weighted by Gasteiger charge is -2.39. The summed E-state index contributed by atoms with van der Waals surface area (Å²) in [6, 6.07) is -1.21. The smallest absolute Gasteiger partial charge is 0.310 e. The molecule has 3 heterocycles. The molecule has 9 heteroatoms. The van der Waals surface area contributed by atoms with E-state index in [-0.39, 0.29) is 53.0 Å². The van der Waals surface area contributed by atoms with E-state index in [4.69, 9.17) is 4.74 Å². The Labute approximate surface area is 203 Å². The maximum atomic E-state index is 13.9. The van der Waals surface area contributed by atoms with Gasteiger partial charge in [0.15, 0.2) is 0 Å². The van der Waals surface area contributed by atoms with Crippen LogP contribution >= 0.6 is 27.7 Å². The SMILES string of the molecule is CCCC(C)NC(=O)C1N([C@@H](CO)[C@@H](C)CC)C(=O)[C@@H]2[C@H](C(=O)OCC)[C@H]3SC12CC3Br. The number of aliphatic hydroxyl groups is 1. The molecule has 9 atom stereocenters. The van der Waals surface area contributed by atoms with Crippen molar-refractivity contribution in [3.05, 3.63) is 0 Å². The van der Waals surface area contributed by atoms with E-state index in [9.17, 15) is 19.5 Å². The average Bonchev–Trinajstić information content (AvgIpc) is 3.32. The number of nitrogens with one attached hydrogen (secondary N) is 1. The number of ether oxygens (including phenoxy) is 1. The number of hydrogen-bond donors (Lipinski definition) is 2. The van der Waals surface area contributed by atoms with E-state index in [1.165, 1.54) is 0 Å². The molecule has 3 saturated heterocycles. The van der Waals surface area contributed by atoms with Gasteiger partial charge in [0.05, 0.1) is 35.8 Å². The minimum absolute atomic E-state index is 0.0136. The van der Waals surface area contributed by atoms with E-state index in [0.29, 0.717) is 6.42 Å². The van der Waals surface area contributed by atoms with Crippen molar-refractivity contribution in [3.63, 3.8) is 0 Å². The van der Waals surface area contributed by atoms with Crippen molar-refractivity contribution >= 4 is 45.5 Å². The van der Waals surface area contributed by atoms with Crippen molar-refractivity contribution in [2.24, 2.45) is 17.8 Å². The molecule has 0 aromatic rings. The van der Waals surface area contributed by atoms with Crippen molar-refractivity contribution in [1.29, 1.82) is 0 Å². The van der Waals surface area contributed by atoms with E-state index in [1.54, 1.807) is 23.6 Å². The maximum Gasteiger partial charge on any atom is 0.310 e. The average molecular weight is 534 g/mol. The number of esters is 1. The highest BCUT2D eigenvalue weighted by molar-refractivity contribution is 9.09. The molecular weight excluding hydrogens is 496 g/mol. The van der Waals surface area contributed by atoms with Crippen molar-refractivity contribution in [2.45, 2.75) is 93.3 Å². The molecule has 7 nitrogen and oxygen atoms in total. The second-order valence-corrected chi connectivity index (χ2v) is 12.2. The second kappa shape index (κ2) is 10.2. The van der Waals surface area contributed by atoms with E-state index >= 15 is 0 Å². The number of halogens is 1. The van der Waals surface area contributed by atoms with Crippen LogP contribution in [0.25, 0.3) is 0 Å². The zero-order valence-corrected chi connectivity index (χ0v) is 22.1. The number of nitrogens with zero attached hydrogens (tertiary/aromatic N) is 1. The minimum atomic E-state index is -0.722. The first kappa shape index (κ1) is 25.8. The summed E-state index contributed by atoms with van der Waals surface area (Å²) in [7, 11) is 0. The van der Waals surface area contributed by atoms with Gasteiger partial charge in [0.2, 0.25) is 11.8 Å². The van der Waals surface area contributed by atoms with E-state index in [1.807, 2.05) is 20.8 Å². The zero-order chi connectivity index (χ0) is 23.8. The molecule has 32 heavy (non-hydrogen) atoms. The number of rotatable bonds is 10. The fourth-order valence-corrected chi connectivity index (χ4v) is 9.46. The van der Waals surface area contributed by atoms with Crippen LogP contribution in [-0.4, -0.2) is 74.0 Å². The highest BCUT2D eigenvalue weighted by Gasteiger charge is 2.76. The Morgan fingerprint density at radius 2 is 2.03 bits per heavy atom. The molecule has 3 aliphatic heterocycles. The minimum Gasteiger partial charge on any atom is -0.466 e. The van der Waals surface area contributed by atoms with E-state index in [0.717, 1.165) is 19.3 Å². The van der Waals surface area contributed by atoms with Gasteiger partial charge < -0.3 is 20.1 Å². The molecular formula is C23H37BrN2O5S. The van der Waals surface area contributed by atoms with Gasteiger partial charge in [-0.05, 0) is 32.6 Å². The van der Waals surface area contributed by atoms with Gasteiger partial charge in [-0.15, -0.1) is 11.8 Å². The number of alkyl halides is 1. The summed E-state index contributed by atoms with van der Waals surface area (Å²) < 4.78 is 4.66. The molecule has 0 aromatic heterocycles. The lowest BCUT2D eigenvalue weighted by Crippen LogP contribution is -2.59. The van der Waals surface area contributed by atoms with Crippen LogP contribution in [0.3, 0.4) is 0 Å². The highest BCUT2D eigenvalue weighted by atomic mass is 79.9. The van der Waals surface area contributed by atoms with Crippen LogP contribution in [0.2, 0.25) is 0 Å². The monoisotopic (exact) mass is 532 g/mol. The predicted molar refractivity (Wildman–Crippen MR) is 129 cm³/mol. The van der Waals surface area contributed by atoms with Gasteiger partial charge in [0.25, 0.3) is 0 Å². The van der Waals surface area contributed by atoms with Crippen molar-refractivity contribution < 1.29 is 24.2 Å². The van der Waals surface area contributed by atoms with Crippen LogP contribution in [0.15, 0.2) is 0 Å². The Kier molecular flexibility index (Phi) is 8.24. The molecule has 2 bridgehead atoms. The van der Waals surface area contributed by atoms with Crippen LogP contribution in [0.5, 0.6) is 0 Å². The first-order chi connectivity index (χ1) is 15.2. The predicted octanol–water partition coefficient (Wildman–Crippen LogP) is 2.73. The number of hydrogen-bond acceptors (Lipinski definition) is 6. The van der Waals surface area contributed by atoms with Gasteiger partial charge in [-0.3, -0.25) is 14.4 Å². The number of carbonyl (C=O) groups excluding carboxylic acids is 3. The number of carbonyl (C=O) groups is 3. The van der Waals surface area contributed by atoms with Crippen LogP contribution in [0, 0.1) is 17.8 Å². The maximum absolute atomic E-state index is 13.9. The molecule has 3 fully saturated rings. The molecule has 0 aromatic carbocycles. The summed E-state index contributed by atoms with van der Waals surface area (Å²) in [5.74, 6) is -1.92. The summed E-state index contributed by atoms with van der Waals surface area (Å²) >= 11 is 5.33. The van der Waals surface area contributed by atoms with Gasteiger partial charge >= 0.3 is 5.97 Å². The second-order valence-electron chi connectivity index (χ2n) is 9.49. The first-order valence-corrected chi connectivity index (χ1v) is 13.7. The van der Waals surface area contributed by atoms with Crippen LogP contribution in [0.4, 0.5) is 0 Å².